The number of fused-ring (bicyclic) bond motifs is 1. The second kappa shape index (κ2) is 7.50. The highest BCUT2D eigenvalue weighted by Crippen LogP contribution is 2.32. The highest BCUT2D eigenvalue weighted by atomic mass is 16.6. The maximum Gasteiger partial charge on any atom is 0.167 e. The number of Topliss-reactive ketones (excluding diaryl/α,β-unsaturated/α-hetero) is 1. The van der Waals surface area contributed by atoms with Gasteiger partial charge < -0.3 is 14.4 Å². The normalized spacial score (nSPS) is 20.7. The summed E-state index contributed by atoms with van der Waals surface area (Å²) in [5.41, 5.74) is 2.11. The van der Waals surface area contributed by atoms with Crippen molar-refractivity contribution in [2.75, 3.05) is 32.8 Å². The van der Waals surface area contributed by atoms with Gasteiger partial charge in [0, 0.05) is 24.6 Å². The lowest BCUT2D eigenvalue weighted by Crippen LogP contribution is -2.30. The molecule has 0 saturated carbocycles. The van der Waals surface area contributed by atoms with Crippen molar-refractivity contribution in [1.82, 2.24) is 4.90 Å². The molecule has 0 amide bonds. The smallest absolute Gasteiger partial charge is 0.167 e. The van der Waals surface area contributed by atoms with E-state index in [1.807, 2.05) is 25.1 Å². The Kier molecular flexibility index (Phi) is 4.93. The average molecular weight is 351 g/mol. The quantitative estimate of drug-likeness (QED) is 0.769. The highest BCUT2D eigenvalue weighted by molar-refractivity contribution is 5.98. The van der Waals surface area contributed by atoms with E-state index in [4.69, 9.17) is 9.47 Å². The SMILES string of the molecule is C[C@H](CN1CC[C@@H](c2ccccc2)C1)C(=O)c1ccc2c(c1)OCCO2. The number of carbonyl (C=O) groups excluding carboxylic acids is 1. The minimum Gasteiger partial charge on any atom is -0.486 e. The van der Waals surface area contributed by atoms with Crippen molar-refractivity contribution in [1.29, 1.82) is 0 Å². The van der Waals surface area contributed by atoms with Crippen molar-refractivity contribution in [3.05, 3.63) is 59.7 Å². The lowest BCUT2D eigenvalue weighted by molar-refractivity contribution is 0.0901. The number of carbonyl (C=O) groups is 1. The Labute approximate surface area is 154 Å². The fourth-order valence-corrected chi connectivity index (χ4v) is 3.95. The molecule has 136 valence electrons. The van der Waals surface area contributed by atoms with E-state index in [9.17, 15) is 4.79 Å². The van der Waals surface area contributed by atoms with Gasteiger partial charge in [-0.3, -0.25) is 4.79 Å². The molecule has 1 fully saturated rings. The molecule has 4 heteroatoms. The minimum atomic E-state index is -0.0351. The molecule has 0 bridgehead atoms. The van der Waals surface area contributed by atoms with E-state index in [2.05, 4.69) is 35.2 Å². The topological polar surface area (TPSA) is 38.8 Å². The standard InChI is InChI=1S/C22H25NO3/c1-16(14-23-10-9-19(15-23)17-5-3-2-4-6-17)22(24)18-7-8-20-21(13-18)26-12-11-25-20/h2-8,13,16,19H,9-12,14-15H2,1H3/t16-,19-/m1/s1. The zero-order valence-electron chi connectivity index (χ0n) is 15.2. The Morgan fingerprint density at radius 2 is 1.88 bits per heavy atom. The summed E-state index contributed by atoms with van der Waals surface area (Å²) < 4.78 is 11.1. The number of hydrogen-bond donors (Lipinski definition) is 0. The van der Waals surface area contributed by atoms with E-state index >= 15 is 0 Å². The van der Waals surface area contributed by atoms with Crippen LogP contribution in [0.15, 0.2) is 48.5 Å². The Morgan fingerprint density at radius 1 is 1.12 bits per heavy atom. The van der Waals surface area contributed by atoms with Gasteiger partial charge in [0.05, 0.1) is 0 Å². The third-order valence-corrected chi connectivity index (χ3v) is 5.35. The Hall–Kier alpha value is -2.33. The van der Waals surface area contributed by atoms with Gasteiger partial charge in [0.1, 0.15) is 13.2 Å². The van der Waals surface area contributed by atoms with E-state index in [1.165, 1.54) is 5.56 Å². The molecule has 2 aromatic rings. The molecule has 2 aliphatic heterocycles. The molecule has 0 radical (unpaired) electrons. The van der Waals surface area contributed by atoms with Crippen LogP contribution in [0.4, 0.5) is 0 Å². The molecule has 2 aliphatic rings. The van der Waals surface area contributed by atoms with Crippen LogP contribution in [0.1, 0.15) is 35.2 Å². The predicted molar refractivity (Wildman–Crippen MR) is 101 cm³/mol. The summed E-state index contributed by atoms with van der Waals surface area (Å²) in [5.74, 6) is 2.12. The summed E-state index contributed by atoms with van der Waals surface area (Å²) in [7, 11) is 0. The first-order chi connectivity index (χ1) is 12.7. The first kappa shape index (κ1) is 17.1. The molecule has 0 unspecified atom stereocenters. The minimum absolute atomic E-state index is 0.0351. The van der Waals surface area contributed by atoms with Gasteiger partial charge in [0.2, 0.25) is 0 Å². The molecule has 0 spiro atoms. The number of rotatable bonds is 5. The number of nitrogens with zero attached hydrogens (tertiary/aromatic N) is 1. The molecule has 2 atom stereocenters. The van der Waals surface area contributed by atoms with Crippen molar-refractivity contribution in [3.8, 4) is 11.5 Å². The van der Waals surface area contributed by atoms with Crippen LogP contribution in [0.2, 0.25) is 0 Å². The van der Waals surface area contributed by atoms with E-state index in [0.717, 1.165) is 31.8 Å². The Balaban J connectivity index is 1.37. The van der Waals surface area contributed by atoms with Gasteiger partial charge in [-0.05, 0) is 42.6 Å². The van der Waals surface area contributed by atoms with Gasteiger partial charge in [-0.15, -0.1) is 0 Å². The summed E-state index contributed by atoms with van der Waals surface area (Å²) >= 11 is 0. The van der Waals surface area contributed by atoms with Crippen molar-refractivity contribution < 1.29 is 14.3 Å². The van der Waals surface area contributed by atoms with Gasteiger partial charge in [0.15, 0.2) is 17.3 Å². The van der Waals surface area contributed by atoms with Crippen molar-refractivity contribution >= 4 is 5.78 Å². The van der Waals surface area contributed by atoms with Gasteiger partial charge >= 0.3 is 0 Å². The van der Waals surface area contributed by atoms with Gasteiger partial charge in [-0.2, -0.15) is 0 Å². The number of hydrogen-bond acceptors (Lipinski definition) is 4. The molecule has 2 heterocycles. The second-order valence-electron chi connectivity index (χ2n) is 7.28. The molecule has 26 heavy (non-hydrogen) atoms. The Morgan fingerprint density at radius 3 is 2.69 bits per heavy atom. The summed E-state index contributed by atoms with van der Waals surface area (Å²) in [4.78, 5) is 15.3. The number of likely N-dealkylation sites (tertiary alicyclic amines) is 1. The molecular formula is C22H25NO3. The lowest BCUT2D eigenvalue weighted by Gasteiger charge is -2.22. The van der Waals surface area contributed by atoms with E-state index in [-0.39, 0.29) is 11.7 Å². The van der Waals surface area contributed by atoms with E-state index in [1.54, 1.807) is 0 Å². The van der Waals surface area contributed by atoms with Crippen LogP contribution in [0.5, 0.6) is 11.5 Å². The fraction of sp³-hybridized carbons (Fsp3) is 0.409. The van der Waals surface area contributed by atoms with Crippen LogP contribution in [0.3, 0.4) is 0 Å². The zero-order chi connectivity index (χ0) is 17.9. The van der Waals surface area contributed by atoms with Gasteiger partial charge in [-0.1, -0.05) is 37.3 Å². The molecular weight excluding hydrogens is 326 g/mol. The predicted octanol–water partition coefficient (Wildman–Crippen LogP) is 3.77. The zero-order valence-corrected chi connectivity index (χ0v) is 15.2. The largest absolute Gasteiger partial charge is 0.486 e. The number of ketones is 1. The summed E-state index contributed by atoms with van der Waals surface area (Å²) in [6.07, 6.45) is 1.16. The molecule has 2 aromatic carbocycles. The molecule has 0 aliphatic carbocycles. The van der Waals surface area contributed by atoms with Crippen LogP contribution in [0.25, 0.3) is 0 Å². The molecule has 0 aromatic heterocycles. The maximum absolute atomic E-state index is 12.8. The number of benzene rings is 2. The fourth-order valence-electron chi connectivity index (χ4n) is 3.95. The summed E-state index contributed by atoms with van der Waals surface area (Å²) in [6, 6.07) is 16.2. The van der Waals surface area contributed by atoms with Crippen molar-refractivity contribution in [2.24, 2.45) is 5.92 Å². The number of ether oxygens (including phenoxy) is 2. The Bertz CT molecular complexity index is 774. The summed E-state index contributed by atoms with van der Waals surface area (Å²) in [5, 5.41) is 0. The molecule has 4 rings (SSSR count). The summed E-state index contributed by atoms with van der Waals surface area (Å²) in [6.45, 7) is 6.01. The van der Waals surface area contributed by atoms with Gasteiger partial charge in [-0.25, -0.2) is 0 Å². The van der Waals surface area contributed by atoms with Gasteiger partial charge in [0.25, 0.3) is 0 Å². The first-order valence-electron chi connectivity index (χ1n) is 9.42. The molecule has 1 saturated heterocycles. The van der Waals surface area contributed by atoms with Crippen molar-refractivity contribution in [2.45, 2.75) is 19.3 Å². The molecule has 4 nitrogen and oxygen atoms in total. The average Bonchev–Trinajstić information content (AvgIpc) is 3.16. The second-order valence-corrected chi connectivity index (χ2v) is 7.28. The first-order valence-corrected chi connectivity index (χ1v) is 9.42. The maximum atomic E-state index is 12.8. The third kappa shape index (κ3) is 3.61. The van der Waals surface area contributed by atoms with Crippen LogP contribution in [-0.4, -0.2) is 43.5 Å². The highest BCUT2D eigenvalue weighted by Gasteiger charge is 2.27. The third-order valence-electron chi connectivity index (χ3n) is 5.35. The van der Waals surface area contributed by atoms with E-state index < -0.39 is 0 Å². The lowest BCUT2D eigenvalue weighted by atomic mass is 9.97. The van der Waals surface area contributed by atoms with Crippen LogP contribution in [-0.2, 0) is 0 Å². The van der Waals surface area contributed by atoms with E-state index in [0.29, 0.717) is 30.4 Å². The van der Waals surface area contributed by atoms with Crippen LogP contribution >= 0.6 is 0 Å². The monoisotopic (exact) mass is 351 g/mol. The van der Waals surface area contributed by atoms with Crippen molar-refractivity contribution in [3.63, 3.8) is 0 Å². The van der Waals surface area contributed by atoms with Crippen LogP contribution < -0.4 is 9.47 Å². The van der Waals surface area contributed by atoms with Crippen LogP contribution in [0, 0.1) is 5.92 Å². The molecule has 0 N–H and O–H groups in total.